The molecule has 2 aromatic rings. The number of sulfone groups is 1. The first-order chi connectivity index (χ1) is 15.3. The van der Waals surface area contributed by atoms with Crippen LogP contribution in [0, 0.1) is 5.92 Å². The standard InChI is InChI=1S/C23H25BrN2O5S/c1-2-31-18-7-5-17(6-8-18)25-22(27)10-12-32(29,30)21-14-20-16(13-19(21)24)9-11-26(20)23(28)15-3-4-15/h5-8,13-15H,2-4,9-12H2,1H3,(H,25,27). The van der Waals surface area contributed by atoms with E-state index >= 15 is 0 Å². The molecule has 1 fully saturated rings. The number of hydrogen-bond acceptors (Lipinski definition) is 5. The zero-order chi connectivity index (χ0) is 22.9. The van der Waals surface area contributed by atoms with Crippen LogP contribution < -0.4 is 15.0 Å². The van der Waals surface area contributed by atoms with Crippen LogP contribution in [0.1, 0.15) is 31.7 Å². The Bertz CT molecular complexity index is 1140. The third kappa shape index (κ3) is 4.99. The fraction of sp³-hybridized carbons (Fsp3) is 0.391. The molecule has 0 spiro atoms. The Morgan fingerprint density at radius 1 is 1.19 bits per heavy atom. The lowest BCUT2D eigenvalue weighted by molar-refractivity contribution is -0.119. The Morgan fingerprint density at radius 3 is 2.56 bits per heavy atom. The van der Waals surface area contributed by atoms with Gasteiger partial charge in [-0.3, -0.25) is 9.59 Å². The molecule has 7 nitrogen and oxygen atoms in total. The number of hydrogen-bond donors (Lipinski definition) is 1. The Labute approximate surface area is 196 Å². The number of rotatable bonds is 8. The summed E-state index contributed by atoms with van der Waals surface area (Å²) in [4.78, 5) is 26.7. The van der Waals surface area contributed by atoms with Crippen molar-refractivity contribution in [2.75, 3.05) is 29.1 Å². The van der Waals surface area contributed by atoms with E-state index in [9.17, 15) is 18.0 Å². The zero-order valence-corrected chi connectivity index (χ0v) is 20.2. The van der Waals surface area contributed by atoms with Gasteiger partial charge in [0.05, 0.1) is 17.3 Å². The van der Waals surface area contributed by atoms with E-state index in [0.29, 0.717) is 41.2 Å². The van der Waals surface area contributed by atoms with Crippen molar-refractivity contribution < 1.29 is 22.7 Å². The summed E-state index contributed by atoms with van der Waals surface area (Å²) in [5.41, 5.74) is 2.20. The van der Waals surface area contributed by atoms with Crippen molar-refractivity contribution >= 4 is 49.0 Å². The third-order valence-corrected chi connectivity index (χ3v) is 8.27. The third-order valence-electron chi connectivity index (χ3n) is 5.60. The van der Waals surface area contributed by atoms with E-state index in [0.717, 1.165) is 18.4 Å². The molecule has 2 aromatic carbocycles. The van der Waals surface area contributed by atoms with E-state index in [1.54, 1.807) is 41.3 Å². The van der Waals surface area contributed by atoms with Crippen LogP contribution in [0.3, 0.4) is 0 Å². The molecule has 1 N–H and O–H groups in total. The van der Waals surface area contributed by atoms with Gasteiger partial charge in [0.15, 0.2) is 9.84 Å². The van der Waals surface area contributed by atoms with Crippen LogP contribution >= 0.6 is 15.9 Å². The molecule has 0 atom stereocenters. The van der Waals surface area contributed by atoms with Crippen molar-refractivity contribution in [2.24, 2.45) is 5.92 Å². The van der Waals surface area contributed by atoms with Crippen LogP contribution in [0.4, 0.5) is 11.4 Å². The molecule has 0 bridgehead atoms. The lowest BCUT2D eigenvalue weighted by Crippen LogP contribution is -2.30. The molecule has 0 aromatic heterocycles. The Kier molecular flexibility index (Phi) is 6.57. The number of halogens is 1. The Hall–Kier alpha value is -2.39. The van der Waals surface area contributed by atoms with Crippen LogP contribution in [0.5, 0.6) is 5.75 Å². The molecule has 1 aliphatic heterocycles. The first kappa shape index (κ1) is 22.8. The van der Waals surface area contributed by atoms with E-state index in [1.165, 1.54) is 0 Å². The highest BCUT2D eigenvalue weighted by molar-refractivity contribution is 9.10. The number of nitrogens with one attached hydrogen (secondary N) is 1. The van der Waals surface area contributed by atoms with E-state index in [4.69, 9.17) is 4.74 Å². The number of nitrogens with zero attached hydrogens (tertiary/aromatic N) is 1. The maximum Gasteiger partial charge on any atom is 0.230 e. The molecule has 0 radical (unpaired) electrons. The largest absolute Gasteiger partial charge is 0.494 e. The molecule has 170 valence electrons. The monoisotopic (exact) mass is 520 g/mol. The molecule has 2 aliphatic rings. The maximum atomic E-state index is 13.0. The lowest BCUT2D eigenvalue weighted by atomic mass is 10.2. The normalized spacial score (nSPS) is 15.4. The number of fused-ring (bicyclic) bond motifs is 1. The van der Waals surface area contributed by atoms with Crippen LogP contribution in [0.2, 0.25) is 0 Å². The molecule has 1 aliphatic carbocycles. The molecule has 32 heavy (non-hydrogen) atoms. The number of ether oxygens (including phenoxy) is 1. The van der Waals surface area contributed by atoms with E-state index < -0.39 is 9.84 Å². The number of carbonyl (C=O) groups is 2. The number of amides is 2. The fourth-order valence-electron chi connectivity index (χ4n) is 3.77. The van der Waals surface area contributed by atoms with Crippen molar-refractivity contribution in [3.8, 4) is 5.75 Å². The summed E-state index contributed by atoms with van der Waals surface area (Å²) in [6, 6.07) is 10.3. The second kappa shape index (κ2) is 9.23. The van der Waals surface area contributed by atoms with Crippen LogP contribution in [0.15, 0.2) is 45.8 Å². The molecule has 0 saturated heterocycles. The van der Waals surface area contributed by atoms with E-state index in [2.05, 4.69) is 21.2 Å². The summed E-state index contributed by atoms with van der Waals surface area (Å²) in [7, 11) is -3.73. The van der Waals surface area contributed by atoms with Gasteiger partial charge in [0.2, 0.25) is 11.8 Å². The van der Waals surface area contributed by atoms with Gasteiger partial charge in [-0.05, 0) is 84.1 Å². The lowest BCUT2D eigenvalue weighted by Gasteiger charge is -2.18. The van der Waals surface area contributed by atoms with Gasteiger partial charge in [0.25, 0.3) is 0 Å². The van der Waals surface area contributed by atoms with E-state index in [1.807, 2.05) is 6.92 Å². The molecule has 2 amide bonds. The molecule has 0 unspecified atom stereocenters. The average Bonchev–Trinajstić information content (AvgIpc) is 3.53. The second-order valence-corrected chi connectivity index (χ2v) is 10.9. The highest BCUT2D eigenvalue weighted by Crippen LogP contribution is 2.39. The predicted octanol–water partition coefficient (Wildman–Crippen LogP) is 3.95. The first-order valence-electron chi connectivity index (χ1n) is 10.7. The Morgan fingerprint density at radius 2 is 1.91 bits per heavy atom. The molecule has 1 saturated carbocycles. The molecule has 1 heterocycles. The van der Waals surface area contributed by atoms with Gasteiger partial charge < -0.3 is 15.0 Å². The van der Waals surface area contributed by atoms with Crippen LogP contribution in [0.25, 0.3) is 0 Å². The van der Waals surface area contributed by atoms with Gasteiger partial charge >= 0.3 is 0 Å². The Balaban J connectivity index is 1.43. The predicted molar refractivity (Wildman–Crippen MR) is 126 cm³/mol. The van der Waals surface area contributed by atoms with Crippen molar-refractivity contribution in [1.82, 2.24) is 0 Å². The second-order valence-electron chi connectivity index (χ2n) is 8.00. The first-order valence-corrected chi connectivity index (χ1v) is 13.1. The van der Waals surface area contributed by atoms with Gasteiger partial charge in [0, 0.05) is 34.7 Å². The molecular formula is C23H25BrN2O5S. The highest BCUT2D eigenvalue weighted by atomic mass is 79.9. The minimum Gasteiger partial charge on any atom is -0.494 e. The van der Waals surface area contributed by atoms with Crippen molar-refractivity contribution in [3.63, 3.8) is 0 Å². The van der Waals surface area contributed by atoms with Crippen molar-refractivity contribution in [2.45, 2.75) is 37.5 Å². The molecule has 4 rings (SSSR count). The van der Waals surface area contributed by atoms with E-state index in [-0.39, 0.29) is 34.8 Å². The summed E-state index contributed by atoms with van der Waals surface area (Å²) < 4.78 is 31.9. The van der Waals surface area contributed by atoms with Gasteiger partial charge in [-0.1, -0.05) is 0 Å². The molecular weight excluding hydrogens is 496 g/mol. The SMILES string of the molecule is CCOc1ccc(NC(=O)CCS(=O)(=O)c2cc3c(cc2Br)CCN3C(=O)C2CC2)cc1. The molecule has 9 heteroatoms. The number of carbonyl (C=O) groups excluding carboxylic acids is 2. The zero-order valence-electron chi connectivity index (χ0n) is 17.8. The van der Waals surface area contributed by atoms with Crippen molar-refractivity contribution in [1.29, 1.82) is 0 Å². The number of benzene rings is 2. The number of anilines is 2. The van der Waals surface area contributed by atoms with Crippen LogP contribution in [-0.4, -0.2) is 39.1 Å². The minimum absolute atomic E-state index is 0.0657. The van der Waals surface area contributed by atoms with Gasteiger partial charge in [0.1, 0.15) is 5.75 Å². The summed E-state index contributed by atoms with van der Waals surface area (Å²) in [5.74, 6) is 0.119. The van der Waals surface area contributed by atoms with Crippen LogP contribution in [-0.2, 0) is 25.8 Å². The van der Waals surface area contributed by atoms with Gasteiger partial charge in [-0.25, -0.2) is 8.42 Å². The minimum atomic E-state index is -3.73. The maximum absolute atomic E-state index is 13.0. The highest BCUT2D eigenvalue weighted by Gasteiger charge is 2.37. The quantitative estimate of drug-likeness (QED) is 0.568. The van der Waals surface area contributed by atoms with Crippen molar-refractivity contribution in [3.05, 3.63) is 46.4 Å². The summed E-state index contributed by atoms with van der Waals surface area (Å²) in [6.45, 7) is 3.01. The fourth-order valence-corrected chi connectivity index (χ4v) is 6.22. The summed E-state index contributed by atoms with van der Waals surface area (Å²) in [5, 5.41) is 2.71. The topological polar surface area (TPSA) is 92.8 Å². The summed E-state index contributed by atoms with van der Waals surface area (Å²) >= 11 is 3.37. The average molecular weight is 521 g/mol. The summed E-state index contributed by atoms with van der Waals surface area (Å²) in [6.07, 6.45) is 2.33. The smallest absolute Gasteiger partial charge is 0.230 e. The van der Waals surface area contributed by atoms with Gasteiger partial charge in [-0.15, -0.1) is 0 Å². The van der Waals surface area contributed by atoms with Gasteiger partial charge in [-0.2, -0.15) is 0 Å².